The number of anilines is 2. The van der Waals surface area contributed by atoms with Crippen LogP contribution in [-0.4, -0.2) is 26.1 Å². The van der Waals surface area contributed by atoms with Gasteiger partial charge in [0.2, 0.25) is 5.91 Å². The van der Waals surface area contributed by atoms with Crippen molar-refractivity contribution in [2.75, 3.05) is 30.8 Å². The molecule has 1 amide bonds. The van der Waals surface area contributed by atoms with Crippen molar-refractivity contribution in [1.82, 2.24) is 5.32 Å². The van der Waals surface area contributed by atoms with Crippen molar-refractivity contribution in [2.45, 2.75) is 26.0 Å². The largest absolute Gasteiger partial charge is 0.398 e. The third-order valence-electron chi connectivity index (χ3n) is 4.51. The minimum Gasteiger partial charge on any atom is -0.398 e. The lowest BCUT2D eigenvalue weighted by atomic mass is 10.00. The van der Waals surface area contributed by atoms with Gasteiger partial charge in [0.05, 0.1) is 13.2 Å². The lowest BCUT2D eigenvalue weighted by molar-refractivity contribution is -0.119. The lowest BCUT2D eigenvalue weighted by Crippen LogP contribution is -2.39. The van der Waals surface area contributed by atoms with Crippen molar-refractivity contribution in [2.24, 2.45) is 0 Å². The fourth-order valence-corrected chi connectivity index (χ4v) is 3.32. The quantitative estimate of drug-likeness (QED) is 0.794. The third-order valence-corrected chi connectivity index (χ3v) is 4.51. The number of nitrogens with two attached hydrogens (primary N) is 1. The van der Waals surface area contributed by atoms with Gasteiger partial charge in [0.1, 0.15) is 0 Å². The molecule has 0 unspecified atom stereocenters. The number of benzene rings is 2. The highest BCUT2D eigenvalue weighted by atomic mass is 16.5. The maximum Gasteiger partial charge on any atom is 0.239 e. The van der Waals surface area contributed by atoms with E-state index in [1.807, 2.05) is 36.4 Å². The molecule has 132 valence electrons. The Morgan fingerprint density at radius 2 is 2.04 bits per heavy atom. The molecule has 0 atom stereocenters. The summed E-state index contributed by atoms with van der Waals surface area (Å²) in [5.41, 5.74) is 11.3. The van der Waals surface area contributed by atoms with Gasteiger partial charge in [-0.2, -0.15) is 0 Å². The van der Waals surface area contributed by atoms with E-state index in [1.54, 1.807) is 7.11 Å². The Kier molecular flexibility index (Phi) is 5.56. The van der Waals surface area contributed by atoms with E-state index in [2.05, 4.69) is 16.3 Å². The van der Waals surface area contributed by atoms with Crippen molar-refractivity contribution in [3.05, 3.63) is 59.2 Å². The Balaban J connectivity index is 1.59. The zero-order valence-electron chi connectivity index (χ0n) is 14.6. The van der Waals surface area contributed by atoms with Gasteiger partial charge in [-0.25, -0.2) is 0 Å². The van der Waals surface area contributed by atoms with Gasteiger partial charge >= 0.3 is 0 Å². The molecule has 25 heavy (non-hydrogen) atoms. The Bertz CT molecular complexity index is 745. The number of methoxy groups -OCH3 is 1. The second-order valence-electron chi connectivity index (χ2n) is 6.40. The number of nitrogens with one attached hydrogen (secondary N) is 1. The van der Waals surface area contributed by atoms with E-state index in [9.17, 15) is 4.79 Å². The highest BCUT2D eigenvalue weighted by molar-refractivity contribution is 5.82. The molecule has 0 saturated carbocycles. The lowest BCUT2D eigenvalue weighted by Gasteiger charge is -2.31. The van der Waals surface area contributed by atoms with Gasteiger partial charge in [-0.3, -0.25) is 4.79 Å². The van der Waals surface area contributed by atoms with Gasteiger partial charge in [0.25, 0.3) is 0 Å². The molecule has 5 heteroatoms. The molecule has 3 N–H and O–H groups in total. The summed E-state index contributed by atoms with van der Waals surface area (Å²) in [6.07, 6.45) is 2.00. The Morgan fingerprint density at radius 3 is 2.88 bits per heavy atom. The molecule has 0 aliphatic carbocycles. The number of amides is 1. The van der Waals surface area contributed by atoms with Crippen LogP contribution in [0.2, 0.25) is 0 Å². The molecule has 0 radical (unpaired) electrons. The number of carbonyl (C=O) groups excluding carboxylic acids is 1. The molecule has 0 saturated heterocycles. The Labute approximate surface area is 148 Å². The molecular weight excluding hydrogens is 314 g/mol. The van der Waals surface area contributed by atoms with Gasteiger partial charge in [0, 0.05) is 31.6 Å². The monoisotopic (exact) mass is 339 g/mol. The van der Waals surface area contributed by atoms with Crippen LogP contribution in [0.15, 0.2) is 42.5 Å². The van der Waals surface area contributed by atoms with E-state index in [4.69, 9.17) is 10.5 Å². The molecule has 0 spiro atoms. The zero-order chi connectivity index (χ0) is 17.6. The molecule has 2 aromatic carbocycles. The molecule has 0 aromatic heterocycles. The van der Waals surface area contributed by atoms with E-state index in [0.717, 1.165) is 47.5 Å². The predicted octanol–water partition coefficient (Wildman–Crippen LogP) is 2.48. The topological polar surface area (TPSA) is 67.6 Å². The van der Waals surface area contributed by atoms with Gasteiger partial charge in [-0.05, 0) is 41.7 Å². The average Bonchev–Trinajstić information content (AvgIpc) is 2.62. The minimum atomic E-state index is 0.0208. The van der Waals surface area contributed by atoms with Crippen molar-refractivity contribution in [3.63, 3.8) is 0 Å². The minimum absolute atomic E-state index is 0.0208. The van der Waals surface area contributed by atoms with Crippen LogP contribution in [0.5, 0.6) is 0 Å². The van der Waals surface area contributed by atoms with E-state index >= 15 is 0 Å². The number of fused-ring (bicyclic) bond motifs is 1. The summed E-state index contributed by atoms with van der Waals surface area (Å²) in [7, 11) is 1.68. The van der Waals surface area contributed by atoms with Crippen molar-refractivity contribution < 1.29 is 9.53 Å². The number of hydrogen-bond acceptors (Lipinski definition) is 4. The van der Waals surface area contributed by atoms with Crippen molar-refractivity contribution >= 4 is 17.3 Å². The van der Waals surface area contributed by atoms with E-state index in [-0.39, 0.29) is 5.91 Å². The standard InChI is InChI=1S/C20H25N3O2/c1-25-14-16-6-2-5-15(11-16)12-22-20(24)13-23-10-4-7-17-18(21)8-3-9-19(17)23/h2-3,5-6,8-9,11H,4,7,10,12-14,21H2,1H3,(H,22,24). The number of carbonyl (C=O) groups is 1. The van der Waals surface area contributed by atoms with E-state index < -0.39 is 0 Å². The van der Waals surface area contributed by atoms with Gasteiger partial charge in [-0.1, -0.05) is 30.3 Å². The molecule has 3 rings (SSSR count). The SMILES string of the molecule is COCc1cccc(CNC(=O)CN2CCCc3c(N)cccc32)c1. The summed E-state index contributed by atoms with van der Waals surface area (Å²) in [5, 5.41) is 3.01. The smallest absolute Gasteiger partial charge is 0.239 e. The van der Waals surface area contributed by atoms with Crippen LogP contribution in [0.1, 0.15) is 23.1 Å². The molecule has 5 nitrogen and oxygen atoms in total. The maximum absolute atomic E-state index is 12.4. The molecular formula is C20H25N3O2. The number of ether oxygens (including phenoxy) is 1. The van der Waals surface area contributed by atoms with Crippen molar-refractivity contribution in [3.8, 4) is 0 Å². The van der Waals surface area contributed by atoms with Crippen LogP contribution in [0.3, 0.4) is 0 Å². The normalized spacial score (nSPS) is 13.4. The van der Waals surface area contributed by atoms with Gasteiger partial charge in [-0.15, -0.1) is 0 Å². The number of rotatable bonds is 6. The molecule has 1 aliphatic rings. The summed E-state index contributed by atoms with van der Waals surface area (Å²) in [6, 6.07) is 14.0. The van der Waals surface area contributed by atoms with E-state index in [0.29, 0.717) is 19.7 Å². The molecule has 0 fully saturated rings. The highest BCUT2D eigenvalue weighted by Gasteiger charge is 2.20. The Morgan fingerprint density at radius 1 is 1.24 bits per heavy atom. The second kappa shape index (κ2) is 8.03. The predicted molar refractivity (Wildman–Crippen MR) is 100 cm³/mol. The molecule has 0 bridgehead atoms. The van der Waals surface area contributed by atoms with Crippen LogP contribution in [-0.2, 0) is 29.1 Å². The second-order valence-corrected chi connectivity index (χ2v) is 6.40. The summed E-state index contributed by atoms with van der Waals surface area (Å²) in [4.78, 5) is 14.5. The summed E-state index contributed by atoms with van der Waals surface area (Å²) in [6.45, 7) is 2.34. The summed E-state index contributed by atoms with van der Waals surface area (Å²) < 4.78 is 5.15. The van der Waals surface area contributed by atoms with Gasteiger partial charge in [0.15, 0.2) is 0 Å². The fraction of sp³-hybridized carbons (Fsp3) is 0.350. The number of nitrogens with zero attached hydrogens (tertiary/aromatic N) is 1. The molecule has 1 heterocycles. The molecule has 2 aromatic rings. The summed E-state index contributed by atoms with van der Waals surface area (Å²) in [5.74, 6) is 0.0208. The van der Waals surface area contributed by atoms with Gasteiger partial charge < -0.3 is 20.7 Å². The molecule has 1 aliphatic heterocycles. The fourth-order valence-electron chi connectivity index (χ4n) is 3.32. The van der Waals surface area contributed by atoms with Crippen molar-refractivity contribution in [1.29, 1.82) is 0 Å². The first-order valence-corrected chi connectivity index (χ1v) is 8.63. The first kappa shape index (κ1) is 17.3. The summed E-state index contributed by atoms with van der Waals surface area (Å²) >= 11 is 0. The van der Waals surface area contributed by atoms with Crippen LogP contribution in [0, 0.1) is 0 Å². The third kappa shape index (κ3) is 4.31. The number of hydrogen-bond donors (Lipinski definition) is 2. The van der Waals surface area contributed by atoms with Crippen LogP contribution in [0.25, 0.3) is 0 Å². The maximum atomic E-state index is 12.4. The first-order valence-electron chi connectivity index (χ1n) is 8.63. The first-order chi connectivity index (χ1) is 12.2. The zero-order valence-corrected chi connectivity index (χ0v) is 14.6. The van der Waals surface area contributed by atoms with Crippen LogP contribution < -0.4 is 16.0 Å². The average molecular weight is 339 g/mol. The Hall–Kier alpha value is -2.53. The van der Waals surface area contributed by atoms with Crippen LogP contribution >= 0.6 is 0 Å². The highest BCUT2D eigenvalue weighted by Crippen LogP contribution is 2.30. The van der Waals surface area contributed by atoms with Crippen LogP contribution in [0.4, 0.5) is 11.4 Å². The number of nitrogen functional groups attached to an aromatic ring is 1. The van der Waals surface area contributed by atoms with E-state index in [1.165, 1.54) is 0 Å².